The van der Waals surface area contributed by atoms with Crippen molar-refractivity contribution < 1.29 is 4.79 Å². The van der Waals surface area contributed by atoms with Gasteiger partial charge in [-0.3, -0.25) is 14.5 Å². The average Bonchev–Trinajstić information content (AvgIpc) is 3.15. The Morgan fingerprint density at radius 2 is 2.04 bits per heavy atom. The van der Waals surface area contributed by atoms with Crippen molar-refractivity contribution in [3.63, 3.8) is 0 Å². The molecule has 6 heteroatoms. The second kappa shape index (κ2) is 6.24. The van der Waals surface area contributed by atoms with E-state index in [9.17, 15) is 4.79 Å². The Bertz CT molecular complexity index is 732. The lowest BCUT2D eigenvalue weighted by Gasteiger charge is -2.18. The highest BCUT2D eigenvalue weighted by molar-refractivity contribution is 5.94. The molecular formula is C17H21N5O. The highest BCUT2D eigenvalue weighted by Crippen LogP contribution is 2.20. The van der Waals surface area contributed by atoms with Gasteiger partial charge in [0.2, 0.25) is 0 Å². The van der Waals surface area contributed by atoms with Crippen molar-refractivity contribution in [3.8, 4) is 0 Å². The molecule has 2 heterocycles. The van der Waals surface area contributed by atoms with Crippen LogP contribution < -0.4 is 5.01 Å². The molecule has 1 aromatic carbocycles. The van der Waals surface area contributed by atoms with Gasteiger partial charge in [-0.1, -0.05) is 0 Å². The summed E-state index contributed by atoms with van der Waals surface area (Å²) in [7, 11) is 3.67. The molecule has 0 spiro atoms. The largest absolute Gasteiger partial charge is 0.337 e. The Hall–Kier alpha value is -2.63. The number of hydrazone groups is 1. The van der Waals surface area contributed by atoms with Gasteiger partial charge in [0, 0.05) is 56.6 Å². The summed E-state index contributed by atoms with van der Waals surface area (Å²) < 4.78 is 1.74. The predicted octanol–water partition coefficient (Wildman–Crippen LogP) is 2.28. The van der Waals surface area contributed by atoms with Crippen LogP contribution in [0.5, 0.6) is 0 Å². The molecule has 1 aliphatic heterocycles. The van der Waals surface area contributed by atoms with E-state index in [0.717, 1.165) is 29.9 Å². The molecule has 3 rings (SSSR count). The fourth-order valence-corrected chi connectivity index (χ4v) is 2.66. The van der Waals surface area contributed by atoms with Gasteiger partial charge in [-0.05, 0) is 31.2 Å². The number of benzene rings is 1. The van der Waals surface area contributed by atoms with E-state index in [0.29, 0.717) is 12.1 Å². The molecular weight excluding hydrogens is 290 g/mol. The first kappa shape index (κ1) is 15.3. The number of aryl methyl sites for hydroxylation is 1. The van der Waals surface area contributed by atoms with Gasteiger partial charge >= 0.3 is 0 Å². The molecule has 120 valence electrons. The number of aromatic nitrogens is 2. The van der Waals surface area contributed by atoms with Crippen LogP contribution in [0.3, 0.4) is 0 Å². The van der Waals surface area contributed by atoms with E-state index in [1.165, 1.54) is 0 Å². The molecule has 0 unspecified atom stereocenters. The minimum absolute atomic E-state index is 0.00140. The first-order chi connectivity index (χ1) is 11.0. The Morgan fingerprint density at radius 3 is 2.61 bits per heavy atom. The van der Waals surface area contributed by atoms with Crippen LogP contribution in [0, 0.1) is 0 Å². The normalized spacial score (nSPS) is 14.0. The molecule has 0 saturated carbocycles. The highest BCUT2D eigenvalue weighted by Gasteiger charge is 2.15. The minimum atomic E-state index is 0.00140. The standard InChI is InChI=1S/C17H21N5O/c1-13-8-9-22(19-13)16-6-4-15(5-7-16)17(23)20(2)11-14-10-18-21(3)12-14/h4-7,10,12H,8-9,11H2,1-3H3. The number of amides is 1. The van der Waals surface area contributed by atoms with E-state index in [-0.39, 0.29) is 5.91 Å². The second-order valence-corrected chi connectivity index (χ2v) is 5.94. The lowest BCUT2D eigenvalue weighted by molar-refractivity contribution is 0.0785. The number of carbonyl (C=O) groups is 1. The van der Waals surface area contributed by atoms with Gasteiger partial charge in [0.1, 0.15) is 0 Å². The van der Waals surface area contributed by atoms with Crippen LogP contribution in [0.15, 0.2) is 41.8 Å². The number of rotatable bonds is 4. The third-order valence-corrected chi connectivity index (χ3v) is 3.91. The Kier molecular flexibility index (Phi) is 4.14. The van der Waals surface area contributed by atoms with Crippen molar-refractivity contribution in [2.24, 2.45) is 12.1 Å². The van der Waals surface area contributed by atoms with Crippen molar-refractivity contribution in [2.45, 2.75) is 19.9 Å². The second-order valence-electron chi connectivity index (χ2n) is 5.94. The minimum Gasteiger partial charge on any atom is -0.337 e. The Balaban J connectivity index is 1.67. The first-order valence-electron chi connectivity index (χ1n) is 7.67. The summed E-state index contributed by atoms with van der Waals surface area (Å²) in [6, 6.07) is 7.63. The van der Waals surface area contributed by atoms with Gasteiger partial charge in [-0.25, -0.2) is 0 Å². The summed E-state index contributed by atoms with van der Waals surface area (Å²) >= 11 is 0. The fraction of sp³-hybridized carbons (Fsp3) is 0.353. The molecule has 6 nitrogen and oxygen atoms in total. The summed E-state index contributed by atoms with van der Waals surface area (Å²) in [5.41, 5.74) is 3.86. The summed E-state index contributed by atoms with van der Waals surface area (Å²) in [4.78, 5) is 14.2. The lowest BCUT2D eigenvalue weighted by Crippen LogP contribution is -2.26. The molecule has 2 aromatic rings. The van der Waals surface area contributed by atoms with E-state index in [1.807, 2.05) is 49.4 Å². The van der Waals surface area contributed by atoms with Crippen LogP contribution in [0.2, 0.25) is 0 Å². The van der Waals surface area contributed by atoms with Crippen molar-refractivity contribution in [1.29, 1.82) is 0 Å². The fourth-order valence-electron chi connectivity index (χ4n) is 2.66. The van der Waals surface area contributed by atoms with Gasteiger partial charge < -0.3 is 4.90 Å². The zero-order valence-electron chi connectivity index (χ0n) is 13.7. The smallest absolute Gasteiger partial charge is 0.253 e. The molecule has 1 aromatic heterocycles. The maximum atomic E-state index is 12.5. The van der Waals surface area contributed by atoms with Crippen LogP contribution in [-0.2, 0) is 13.6 Å². The average molecular weight is 311 g/mol. The topological polar surface area (TPSA) is 53.7 Å². The molecule has 0 fully saturated rings. The molecule has 23 heavy (non-hydrogen) atoms. The van der Waals surface area contributed by atoms with Crippen molar-refractivity contribution in [1.82, 2.24) is 14.7 Å². The van der Waals surface area contributed by atoms with Crippen LogP contribution in [0.25, 0.3) is 0 Å². The van der Waals surface area contributed by atoms with Crippen molar-refractivity contribution in [2.75, 3.05) is 18.6 Å². The van der Waals surface area contributed by atoms with Gasteiger partial charge in [-0.15, -0.1) is 0 Å². The monoisotopic (exact) mass is 311 g/mol. The van der Waals surface area contributed by atoms with Gasteiger partial charge in [-0.2, -0.15) is 10.2 Å². The van der Waals surface area contributed by atoms with Crippen LogP contribution in [0.4, 0.5) is 5.69 Å². The van der Waals surface area contributed by atoms with E-state index in [1.54, 1.807) is 22.8 Å². The van der Waals surface area contributed by atoms with Crippen LogP contribution >= 0.6 is 0 Å². The van der Waals surface area contributed by atoms with Crippen molar-refractivity contribution >= 4 is 17.3 Å². The summed E-state index contributed by atoms with van der Waals surface area (Å²) in [5, 5.41) is 10.6. The zero-order valence-corrected chi connectivity index (χ0v) is 13.7. The van der Waals surface area contributed by atoms with E-state index < -0.39 is 0 Å². The maximum Gasteiger partial charge on any atom is 0.253 e. The number of nitrogens with zero attached hydrogens (tertiary/aromatic N) is 5. The van der Waals surface area contributed by atoms with E-state index >= 15 is 0 Å². The summed E-state index contributed by atoms with van der Waals surface area (Å²) in [6.07, 6.45) is 4.69. The van der Waals surface area contributed by atoms with Gasteiger partial charge in [0.25, 0.3) is 5.91 Å². The molecule has 0 atom stereocenters. The molecule has 0 bridgehead atoms. The maximum absolute atomic E-state index is 12.5. The number of hydrogen-bond acceptors (Lipinski definition) is 4. The predicted molar refractivity (Wildman–Crippen MR) is 90.5 cm³/mol. The molecule has 0 radical (unpaired) electrons. The molecule has 0 saturated heterocycles. The highest BCUT2D eigenvalue weighted by atomic mass is 16.2. The quantitative estimate of drug-likeness (QED) is 0.870. The SMILES string of the molecule is CC1=NN(c2ccc(C(=O)N(C)Cc3cnn(C)c3)cc2)CC1. The summed E-state index contributed by atoms with van der Waals surface area (Å²) in [5.74, 6) is 0.00140. The number of hydrogen-bond donors (Lipinski definition) is 0. The Morgan fingerprint density at radius 1 is 1.30 bits per heavy atom. The van der Waals surface area contributed by atoms with Crippen LogP contribution in [0.1, 0.15) is 29.3 Å². The van der Waals surface area contributed by atoms with Gasteiger partial charge in [0.05, 0.1) is 11.9 Å². The van der Waals surface area contributed by atoms with Crippen molar-refractivity contribution in [3.05, 3.63) is 47.8 Å². The van der Waals surface area contributed by atoms with Gasteiger partial charge in [0.15, 0.2) is 0 Å². The lowest BCUT2D eigenvalue weighted by atomic mass is 10.1. The number of anilines is 1. The molecule has 0 aliphatic carbocycles. The zero-order chi connectivity index (χ0) is 16.4. The third-order valence-electron chi connectivity index (χ3n) is 3.91. The summed E-state index contributed by atoms with van der Waals surface area (Å²) in [6.45, 7) is 3.48. The Labute approximate surface area is 136 Å². The molecule has 1 aliphatic rings. The van der Waals surface area contributed by atoms with E-state index in [2.05, 4.69) is 10.2 Å². The third kappa shape index (κ3) is 3.41. The molecule has 0 N–H and O–H groups in total. The molecule has 1 amide bonds. The van der Waals surface area contributed by atoms with E-state index in [4.69, 9.17) is 0 Å². The number of carbonyl (C=O) groups excluding carboxylic acids is 1. The first-order valence-corrected chi connectivity index (χ1v) is 7.67. The van der Waals surface area contributed by atoms with Crippen LogP contribution in [-0.4, -0.2) is 39.9 Å².